The fourth-order valence-electron chi connectivity index (χ4n) is 2.22. The molecule has 0 unspecified atom stereocenters. The molecule has 1 saturated heterocycles. The Morgan fingerprint density at radius 2 is 1.85 bits per heavy atom. The number of halogens is 1. The van der Waals surface area contributed by atoms with E-state index in [-0.39, 0.29) is 42.7 Å². The normalized spacial score (nSPS) is 17.4. The van der Waals surface area contributed by atoms with E-state index in [1.165, 1.54) is 0 Å². The van der Waals surface area contributed by atoms with Crippen LogP contribution in [-0.4, -0.2) is 42.9 Å². The number of aromatic nitrogens is 1. The van der Waals surface area contributed by atoms with E-state index < -0.39 is 14.8 Å². The Balaban J connectivity index is 0.00000200. The first-order chi connectivity index (χ1) is 8.80. The summed E-state index contributed by atoms with van der Waals surface area (Å²) >= 11 is 0. The van der Waals surface area contributed by atoms with E-state index >= 15 is 0 Å². The summed E-state index contributed by atoms with van der Waals surface area (Å²) in [4.78, 5) is 16.5. The number of aryl methyl sites for hydroxylation is 2. The fourth-order valence-corrected chi connectivity index (χ4v) is 3.42. The maximum absolute atomic E-state index is 11.4. The molecule has 2 rings (SSSR count). The molecule has 0 atom stereocenters. The van der Waals surface area contributed by atoms with E-state index in [0.29, 0.717) is 17.1 Å². The molecule has 1 aromatic rings. The molecule has 20 heavy (non-hydrogen) atoms. The number of hydrogen-bond donors (Lipinski definition) is 0. The maximum Gasteiger partial charge on any atom is 0.313 e. The number of hydrogen-bond acceptors (Lipinski definition) is 6. The second-order valence-corrected chi connectivity index (χ2v) is 6.92. The SMILES string of the molecule is Cc1cc(N2CCS(=O)(=O)CC2)c([N+](=O)[O-])c(C)n1.Cl. The highest BCUT2D eigenvalue weighted by Crippen LogP contribution is 2.32. The summed E-state index contributed by atoms with van der Waals surface area (Å²) in [5, 5.41) is 11.1. The van der Waals surface area contributed by atoms with Crippen molar-refractivity contribution in [3.05, 3.63) is 27.6 Å². The van der Waals surface area contributed by atoms with Gasteiger partial charge >= 0.3 is 5.69 Å². The molecule has 0 aromatic carbocycles. The summed E-state index contributed by atoms with van der Waals surface area (Å²) in [6, 6.07) is 1.64. The molecule has 0 bridgehead atoms. The largest absolute Gasteiger partial charge is 0.364 e. The van der Waals surface area contributed by atoms with Crippen molar-refractivity contribution in [1.29, 1.82) is 0 Å². The monoisotopic (exact) mass is 321 g/mol. The summed E-state index contributed by atoms with van der Waals surface area (Å²) < 4.78 is 22.8. The highest BCUT2D eigenvalue weighted by atomic mass is 35.5. The topological polar surface area (TPSA) is 93.4 Å². The van der Waals surface area contributed by atoms with Crippen molar-refractivity contribution in [2.45, 2.75) is 13.8 Å². The highest BCUT2D eigenvalue weighted by molar-refractivity contribution is 7.91. The number of sulfone groups is 1. The molecule has 7 nitrogen and oxygen atoms in total. The van der Waals surface area contributed by atoms with Crippen LogP contribution in [0, 0.1) is 24.0 Å². The van der Waals surface area contributed by atoms with Crippen molar-refractivity contribution in [2.75, 3.05) is 29.5 Å². The molecule has 1 aromatic heterocycles. The molecule has 0 radical (unpaired) electrons. The Hall–Kier alpha value is -1.41. The lowest BCUT2D eigenvalue weighted by Gasteiger charge is -2.28. The van der Waals surface area contributed by atoms with Gasteiger partial charge in [0.25, 0.3) is 0 Å². The molecule has 9 heteroatoms. The van der Waals surface area contributed by atoms with E-state index in [2.05, 4.69) is 4.98 Å². The Morgan fingerprint density at radius 3 is 2.35 bits per heavy atom. The molecule has 0 aliphatic carbocycles. The molecule has 112 valence electrons. The van der Waals surface area contributed by atoms with E-state index in [9.17, 15) is 18.5 Å². The first-order valence-corrected chi connectivity index (χ1v) is 7.70. The van der Waals surface area contributed by atoms with Crippen LogP contribution in [0.5, 0.6) is 0 Å². The van der Waals surface area contributed by atoms with E-state index in [4.69, 9.17) is 0 Å². The van der Waals surface area contributed by atoms with Gasteiger partial charge in [0.05, 0.1) is 16.4 Å². The zero-order chi connectivity index (χ0) is 14.2. The first-order valence-electron chi connectivity index (χ1n) is 5.88. The van der Waals surface area contributed by atoms with Gasteiger partial charge in [-0.3, -0.25) is 15.1 Å². The number of nitro groups is 1. The van der Waals surface area contributed by atoms with Crippen molar-refractivity contribution in [3.63, 3.8) is 0 Å². The second-order valence-electron chi connectivity index (χ2n) is 4.61. The predicted octanol–water partition coefficient (Wildman–Crippen LogP) is 1.26. The Kier molecular flexibility index (Phi) is 4.93. The Morgan fingerprint density at radius 1 is 1.30 bits per heavy atom. The minimum atomic E-state index is -3.00. The average Bonchev–Trinajstić information content (AvgIpc) is 2.26. The maximum atomic E-state index is 11.4. The molecular weight excluding hydrogens is 306 g/mol. The highest BCUT2D eigenvalue weighted by Gasteiger charge is 2.28. The van der Waals surface area contributed by atoms with Gasteiger partial charge in [0, 0.05) is 18.8 Å². The lowest BCUT2D eigenvalue weighted by molar-refractivity contribution is -0.385. The minimum Gasteiger partial charge on any atom is -0.364 e. The van der Waals surface area contributed by atoms with Crippen molar-refractivity contribution in [2.24, 2.45) is 0 Å². The molecule has 1 aliphatic heterocycles. The standard InChI is InChI=1S/C11H15N3O4S.ClH/c1-8-7-10(11(14(15)16)9(2)12-8)13-3-5-19(17,18)6-4-13;/h7H,3-6H2,1-2H3;1H. The van der Waals surface area contributed by atoms with Gasteiger partial charge in [0.15, 0.2) is 9.84 Å². The van der Waals surface area contributed by atoms with Crippen LogP contribution < -0.4 is 4.90 Å². The van der Waals surface area contributed by atoms with Crippen molar-refractivity contribution in [1.82, 2.24) is 4.98 Å². The van der Waals surface area contributed by atoms with Gasteiger partial charge in [0.2, 0.25) is 0 Å². The summed E-state index contributed by atoms with van der Waals surface area (Å²) in [7, 11) is -3.00. The minimum absolute atomic E-state index is 0. The smallest absolute Gasteiger partial charge is 0.313 e. The summed E-state index contributed by atoms with van der Waals surface area (Å²) in [5.74, 6) is 0.0646. The van der Waals surface area contributed by atoms with Gasteiger partial charge in [-0.1, -0.05) is 0 Å². The molecule has 2 heterocycles. The van der Waals surface area contributed by atoms with Crippen LogP contribution >= 0.6 is 12.4 Å². The summed E-state index contributed by atoms with van der Waals surface area (Å²) in [6.07, 6.45) is 0. The molecule has 0 N–H and O–H groups in total. The summed E-state index contributed by atoms with van der Waals surface area (Å²) in [5.41, 5.74) is 1.47. The van der Waals surface area contributed by atoms with Gasteiger partial charge in [-0.15, -0.1) is 12.4 Å². The van der Waals surface area contributed by atoms with Crippen LogP contribution in [0.1, 0.15) is 11.4 Å². The van der Waals surface area contributed by atoms with Crippen LogP contribution in [0.15, 0.2) is 6.07 Å². The molecule has 0 amide bonds. The van der Waals surface area contributed by atoms with Crippen molar-refractivity contribution in [3.8, 4) is 0 Å². The zero-order valence-electron chi connectivity index (χ0n) is 11.2. The lowest BCUT2D eigenvalue weighted by atomic mass is 10.2. The average molecular weight is 322 g/mol. The number of anilines is 1. The quantitative estimate of drug-likeness (QED) is 0.601. The third-order valence-corrected chi connectivity index (χ3v) is 4.75. The molecule has 1 fully saturated rings. The third-order valence-electron chi connectivity index (χ3n) is 3.14. The van der Waals surface area contributed by atoms with E-state index in [1.54, 1.807) is 24.8 Å². The van der Waals surface area contributed by atoms with Crippen molar-refractivity contribution < 1.29 is 13.3 Å². The van der Waals surface area contributed by atoms with Crippen LogP contribution in [0.2, 0.25) is 0 Å². The first kappa shape index (κ1) is 16.6. The van der Waals surface area contributed by atoms with Crippen LogP contribution in [0.4, 0.5) is 11.4 Å². The molecular formula is C11H16ClN3O4S. The van der Waals surface area contributed by atoms with Gasteiger partial charge in [-0.25, -0.2) is 8.42 Å². The van der Waals surface area contributed by atoms with Crippen molar-refractivity contribution >= 4 is 33.6 Å². The zero-order valence-corrected chi connectivity index (χ0v) is 12.8. The summed E-state index contributed by atoms with van der Waals surface area (Å²) in [6.45, 7) is 3.92. The predicted molar refractivity (Wildman–Crippen MR) is 78.5 cm³/mol. The molecule has 0 saturated carbocycles. The van der Waals surface area contributed by atoms with Gasteiger partial charge < -0.3 is 4.90 Å². The second kappa shape index (κ2) is 5.92. The Bertz CT molecular complexity index is 619. The fraction of sp³-hybridized carbons (Fsp3) is 0.545. The number of pyridine rings is 1. The Labute approximate surface area is 123 Å². The van der Waals surface area contributed by atoms with E-state index in [1.807, 2.05) is 0 Å². The number of rotatable bonds is 2. The molecule has 0 spiro atoms. The molecule has 1 aliphatic rings. The van der Waals surface area contributed by atoms with Crippen LogP contribution in [0.25, 0.3) is 0 Å². The number of nitrogens with zero attached hydrogens (tertiary/aromatic N) is 3. The van der Waals surface area contributed by atoms with Crippen LogP contribution in [0.3, 0.4) is 0 Å². The van der Waals surface area contributed by atoms with E-state index in [0.717, 1.165) is 0 Å². The van der Waals surface area contributed by atoms with Gasteiger partial charge in [-0.2, -0.15) is 0 Å². The third kappa shape index (κ3) is 3.37. The van der Waals surface area contributed by atoms with Crippen LogP contribution in [-0.2, 0) is 9.84 Å². The van der Waals surface area contributed by atoms with Gasteiger partial charge in [0.1, 0.15) is 11.4 Å². The lowest BCUT2D eigenvalue weighted by Crippen LogP contribution is -2.40. The van der Waals surface area contributed by atoms with Gasteiger partial charge in [-0.05, 0) is 19.9 Å².